The fraction of sp³-hybridized carbons (Fsp3) is 0.579. The van der Waals surface area contributed by atoms with Crippen LogP contribution in [0, 0.1) is 5.92 Å². The number of carbonyl (C=O) groups excluding carboxylic acids is 2. The number of benzene rings is 1. The maximum atomic E-state index is 12.4. The lowest BCUT2D eigenvalue weighted by Gasteiger charge is -2.31. The van der Waals surface area contributed by atoms with E-state index in [4.69, 9.17) is 4.74 Å². The number of likely N-dealkylation sites (N-methyl/N-ethyl adjacent to an activating group) is 2. The van der Waals surface area contributed by atoms with Crippen LogP contribution in [0.2, 0.25) is 0 Å². The van der Waals surface area contributed by atoms with Gasteiger partial charge in [-0.05, 0) is 19.9 Å². The summed E-state index contributed by atoms with van der Waals surface area (Å²) < 4.78 is 6.25. The van der Waals surface area contributed by atoms with Crippen LogP contribution >= 0.6 is 0 Å². The molecule has 1 aromatic carbocycles. The van der Waals surface area contributed by atoms with Crippen LogP contribution in [0.3, 0.4) is 0 Å². The number of hydrogen-bond acceptors (Lipinski definition) is 3. The summed E-state index contributed by atoms with van der Waals surface area (Å²) >= 11 is 0. The highest BCUT2D eigenvalue weighted by atomic mass is 16.5. The van der Waals surface area contributed by atoms with E-state index in [2.05, 4.69) is 12.2 Å². The standard InChI is InChI=1S/C19H29N3O3/c1-13(2)20-19(24)22(5)12-17-14(3)11-21(4)18(23)10-15-8-6-7-9-16(15)25-17/h6-9,13-14,17H,10-12H2,1-5H3,(H,20,24)/t14-,17-/m0/s1. The van der Waals surface area contributed by atoms with Gasteiger partial charge in [-0.2, -0.15) is 0 Å². The maximum Gasteiger partial charge on any atom is 0.317 e. The number of para-hydroxylation sites is 1. The Labute approximate surface area is 150 Å². The molecular weight excluding hydrogens is 318 g/mol. The Morgan fingerprint density at radius 2 is 2.08 bits per heavy atom. The molecule has 0 saturated heterocycles. The lowest BCUT2D eigenvalue weighted by molar-refractivity contribution is -0.129. The van der Waals surface area contributed by atoms with Crippen molar-refractivity contribution in [2.75, 3.05) is 27.2 Å². The average molecular weight is 347 g/mol. The summed E-state index contributed by atoms with van der Waals surface area (Å²) in [5.74, 6) is 0.893. The smallest absolute Gasteiger partial charge is 0.317 e. The summed E-state index contributed by atoms with van der Waals surface area (Å²) in [7, 11) is 3.58. The van der Waals surface area contributed by atoms with E-state index in [1.807, 2.05) is 45.2 Å². The minimum Gasteiger partial charge on any atom is -0.488 e. The van der Waals surface area contributed by atoms with Crippen molar-refractivity contribution in [3.8, 4) is 5.75 Å². The number of amides is 3. The molecular formula is C19H29N3O3. The molecule has 6 heteroatoms. The van der Waals surface area contributed by atoms with Gasteiger partial charge in [-0.25, -0.2) is 4.79 Å². The molecule has 1 heterocycles. The second-order valence-corrected chi connectivity index (χ2v) is 7.18. The Morgan fingerprint density at radius 3 is 2.76 bits per heavy atom. The van der Waals surface area contributed by atoms with Crippen LogP contribution < -0.4 is 10.1 Å². The van der Waals surface area contributed by atoms with E-state index in [1.165, 1.54) is 0 Å². The molecule has 0 bridgehead atoms. The summed E-state index contributed by atoms with van der Waals surface area (Å²) in [6.07, 6.45) is 0.132. The van der Waals surface area contributed by atoms with E-state index < -0.39 is 0 Å². The molecule has 0 fully saturated rings. The second kappa shape index (κ2) is 8.23. The van der Waals surface area contributed by atoms with E-state index in [-0.39, 0.29) is 30.0 Å². The van der Waals surface area contributed by atoms with Crippen molar-refractivity contribution in [2.45, 2.75) is 39.3 Å². The number of carbonyl (C=O) groups is 2. The fourth-order valence-corrected chi connectivity index (χ4v) is 2.92. The van der Waals surface area contributed by atoms with Gasteiger partial charge in [0, 0.05) is 38.2 Å². The summed E-state index contributed by atoms with van der Waals surface area (Å²) in [5, 5.41) is 2.89. The molecule has 0 spiro atoms. The predicted molar refractivity (Wildman–Crippen MR) is 97.7 cm³/mol. The quantitative estimate of drug-likeness (QED) is 0.911. The first-order valence-electron chi connectivity index (χ1n) is 8.78. The van der Waals surface area contributed by atoms with Crippen LogP contribution in [0.25, 0.3) is 0 Å². The molecule has 1 aliphatic heterocycles. The first-order valence-corrected chi connectivity index (χ1v) is 8.78. The number of nitrogens with zero attached hydrogens (tertiary/aromatic N) is 2. The molecule has 1 aliphatic rings. The second-order valence-electron chi connectivity index (χ2n) is 7.18. The number of nitrogens with one attached hydrogen (secondary N) is 1. The van der Waals surface area contributed by atoms with Gasteiger partial charge < -0.3 is 19.9 Å². The third-order valence-electron chi connectivity index (χ3n) is 4.43. The Hall–Kier alpha value is -2.24. The molecule has 3 amide bonds. The third kappa shape index (κ3) is 5.11. The van der Waals surface area contributed by atoms with Crippen molar-refractivity contribution >= 4 is 11.9 Å². The minimum absolute atomic E-state index is 0.0782. The minimum atomic E-state index is -0.197. The Balaban J connectivity index is 2.21. The van der Waals surface area contributed by atoms with Crippen molar-refractivity contribution in [1.82, 2.24) is 15.1 Å². The summed E-state index contributed by atoms with van der Waals surface area (Å²) in [5.41, 5.74) is 0.882. The summed E-state index contributed by atoms with van der Waals surface area (Å²) in [4.78, 5) is 28.0. The van der Waals surface area contributed by atoms with Crippen LogP contribution in [0.5, 0.6) is 5.75 Å². The molecule has 138 valence electrons. The van der Waals surface area contributed by atoms with Crippen LogP contribution in [-0.2, 0) is 11.2 Å². The zero-order valence-electron chi connectivity index (χ0n) is 15.8. The highest BCUT2D eigenvalue weighted by Crippen LogP contribution is 2.25. The van der Waals surface area contributed by atoms with Crippen LogP contribution in [-0.4, -0.2) is 61.1 Å². The number of hydrogen-bond donors (Lipinski definition) is 1. The normalized spacial score (nSPS) is 20.9. The monoisotopic (exact) mass is 347 g/mol. The SMILES string of the molecule is CC(C)NC(=O)N(C)C[C@@H]1Oc2ccccc2CC(=O)N(C)C[C@@H]1C. The first kappa shape index (κ1) is 19.1. The van der Waals surface area contributed by atoms with Crippen molar-refractivity contribution in [3.63, 3.8) is 0 Å². The molecule has 25 heavy (non-hydrogen) atoms. The maximum absolute atomic E-state index is 12.4. The molecule has 0 aliphatic carbocycles. The number of fused-ring (bicyclic) bond motifs is 1. The first-order chi connectivity index (χ1) is 11.8. The molecule has 1 aromatic rings. The predicted octanol–water partition coefficient (Wildman–Crippen LogP) is 2.13. The molecule has 0 aromatic heterocycles. The molecule has 0 unspecified atom stereocenters. The van der Waals surface area contributed by atoms with Gasteiger partial charge in [-0.15, -0.1) is 0 Å². The van der Waals surface area contributed by atoms with Crippen molar-refractivity contribution in [1.29, 1.82) is 0 Å². The molecule has 2 atom stereocenters. The zero-order chi connectivity index (χ0) is 18.6. The van der Waals surface area contributed by atoms with E-state index in [9.17, 15) is 9.59 Å². The van der Waals surface area contributed by atoms with E-state index in [1.54, 1.807) is 16.8 Å². The fourth-order valence-electron chi connectivity index (χ4n) is 2.92. The zero-order valence-corrected chi connectivity index (χ0v) is 15.8. The van der Waals surface area contributed by atoms with Gasteiger partial charge in [0.15, 0.2) is 0 Å². The van der Waals surface area contributed by atoms with Gasteiger partial charge in [0.1, 0.15) is 11.9 Å². The molecule has 0 saturated carbocycles. The largest absolute Gasteiger partial charge is 0.488 e. The Bertz CT molecular complexity index is 618. The highest BCUT2D eigenvalue weighted by Gasteiger charge is 2.28. The number of urea groups is 1. The molecule has 2 rings (SSSR count). The van der Waals surface area contributed by atoms with E-state index in [0.717, 1.165) is 11.3 Å². The number of rotatable bonds is 3. The third-order valence-corrected chi connectivity index (χ3v) is 4.43. The average Bonchev–Trinajstić information content (AvgIpc) is 2.57. The molecule has 6 nitrogen and oxygen atoms in total. The highest BCUT2D eigenvalue weighted by molar-refractivity contribution is 5.79. The van der Waals surface area contributed by atoms with Crippen molar-refractivity contribution < 1.29 is 14.3 Å². The topological polar surface area (TPSA) is 61.9 Å². The lowest BCUT2D eigenvalue weighted by atomic mass is 10.0. The van der Waals surface area contributed by atoms with E-state index >= 15 is 0 Å². The van der Waals surface area contributed by atoms with Crippen molar-refractivity contribution in [2.24, 2.45) is 5.92 Å². The van der Waals surface area contributed by atoms with Gasteiger partial charge in [0.2, 0.25) is 5.91 Å². The summed E-state index contributed by atoms with van der Waals surface area (Å²) in [6.45, 7) is 6.97. The van der Waals surface area contributed by atoms with E-state index in [0.29, 0.717) is 19.5 Å². The van der Waals surface area contributed by atoms with Crippen molar-refractivity contribution in [3.05, 3.63) is 29.8 Å². The molecule has 1 N–H and O–H groups in total. The van der Waals surface area contributed by atoms with Crippen LogP contribution in [0.15, 0.2) is 24.3 Å². The van der Waals surface area contributed by atoms with Gasteiger partial charge >= 0.3 is 6.03 Å². The summed E-state index contributed by atoms with van der Waals surface area (Å²) in [6, 6.07) is 7.59. The molecule has 0 radical (unpaired) electrons. The number of ether oxygens (including phenoxy) is 1. The Morgan fingerprint density at radius 1 is 1.40 bits per heavy atom. The van der Waals surface area contributed by atoms with Gasteiger partial charge in [0.05, 0.1) is 13.0 Å². The van der Waals surface area contributed by atoms with Crippen LogP contribution in [0.1, 0.15) is 26.3 Å². The lowest BCUT2D eigenvalue weighted by Crippen LogP contribution is -2.48. The van der Waals surface area contributed by atoms with Crippen LogP contribution in [0.4, 0.5) is 4.79 Å². The van der Waals surface area contributed by atoms with Gasteiger partial charge in [-0.1, -0.05) is 25.1 Å². The van der Waals surface area contributed by atoms with Gasteiger partial charge in [-0.3, -0.25) is 4.79 Å². The van der Waals surface area contributed by atoms with Gasteiger partial charge in [0.25, 0.3) is 0 Å². The Kier molecular flexibility index (Phi) is 6.28.